The molecule has 2 heterocycles. The average molecular weight is 526 g/mol. The van der Waals surface area contributed by atoms with Crippen LogP contribution < -0.4 is 20.8 Å². The third-order valence-electron chi connectivity index (χ3n) is 6.47. The van der Waals surface area contributed by atoms with Crippen LogP contribution in [0, 0.1) is 0 Å². The zero-order valence-electron chi connectivity index (χ0n) is 19.5. The van der Waals surface area contributed by atoms with Crippen LogP contribution in [0.5, 0.6) is 23.0 Å². The molecule has 4 aromatic rings. The lowest BCUT2D eigenvalue weighted by Crippen LogP contribution is -2.32. The van der Waals surface area contributed by atoms with Crippen LogP contribution in [0.15, 0.2) is 78.9 Å². The van der Waals surface area contributed by atoms with Gasteiger partial charge in [-0.25, -0.2) is 4.79 Å². The Balaban J connectivity index is 1.37. The highest BCUT2D eigenvalue weighted by Crippen LogP contribution is 2.57. The smallest absolute Gasteiger partial charge is 0.488 e. The van der Waals surface area contributed by atoms with Crippen molar-refractivity contribution in [1.82, 2.24) is 0 Å². The van der Waals surface area contributed by atoms with Gasteiger partial charge in [-0.2, -0.15) is 0 Å². The fourth-order valence-electron chi connectivity index (χ4n) is 4.85. The second kappa shape index (κ2) is 8.77. The predicted molar refractivity (Wildman–Crippen MR) is 144 cm³/mol. The molecule has 2 aliphatic heterocycles. The Bertz CT molecular complexity index is 1590. The van der Waals surface area contributed by atoms with Crippen molar-refractivity contribution in [2.75, 3.05) is 10.6 Å². The number of benzene rings is 4. The Hall–Kier alpha value is -4.58. The molecule has 2 aliphatic rings. The number of thiocarbonyl (C=S) groups is 1. The molecule has 38 heavy (non-hydrogen) atoms. The van der Waals surface area contributed by atoms with Gasteiger partial charge >= 0.3 is 13.1 Å². The molecular weight excluding hydrogens is 507 g/mol. The maximum absolute atomic E-state index is 13.2. The van der Waals surface area contributed by atoms with Gasteiger partial charge in [-0.15, -0.1) is 0 Å². The lowest BCUT2D eigenvalue weighted by atomic mass is 9.77. The van der Waals surface area contributed by atoms with E-state index in [1.54, 1.807) is 54.6 Å². The first-order chi connectivity index (χ1) is 18.2. The molecule has 0 saturated carbocycles. The van der Waals surface area contributed by atoms with Crippen LogP contribution in [-0.4, -0.2) is 38.5 Å². The molecule has 0 amide bonds. The minimum absolute atomic E-state index is 0.0216. The van der Waals surface area contributed by atoms with Crippen LogP contribution in [0.1, 0.15) is 27.0 Å². The number of aromatic hydroxyl groups is 2. The number of rotatable bonds is 3. The summed E-state index contributed by atoms with van der Waals surface area (Å²) in [6, 6.07) is 20.8. The van der Waals surface area contributed by atoms with E-state index in [4.69, 9.17) is 21.7 Å². The normalized spacial score (nSPS) is 14.0. The van der Waals surface area contributed by atoms with Gasteiger partial charge in [-0.1, -0.05) is 18.2 Å². The van der Waals surface area contributed by atoms with Crippen molar-refractivity contribution in [2.24, 2.45) is 0 Å². The lowest BCUT2D eigenvalue weighted by molar-refractivity contribution is 0.0224. The second-order valence-electron chi connectivity index (χ2n) is 8.87. The highest BCUT2D eigenvalue weighted by atomic mass is 32.1. The number of fused-ring (bicyclic) bond motifs is 6. The van der Waals surface area contributed by atoms with Gasteiger partial charge in [0.15, 0.2) is 10.7 Å². The fraction of sp³-hybridized carbons (Fsp3) is 0.0370. The Labute approximate surface area is 222 Å². The molecule has 0 radical (unpaired) electrons. The zero-order chi connectivity index (χ0) is 26.6. The average Bonchev–Trinajstić information content (AvgIpc) is 3.15. The maximum Gasteiger partial charge on any atom is 0.488 e. The molecular formula is C27H19BN2O7S. The van der Waals surface area contributed by atoms with E-state index in [1.165, 1.54) is 24.3 Å². The Morgan fingerprint density at radius 2 is 1.39 bits per heavy atom. The molecule has 0 aromatic heterocycles. The third kappa shape index (κ3) is 3.81. The summed E-state index contributed by atoms with van der Waals surface area (Å²) in [4.78, 5) is 13.2. The second-order valence-corrected chi connectivity index (χ2v) is 9.28. The molecule has 0 atom stereocenters. The first kappa shape index (κ1) is 23.8. The number of phenols is 2. The molecule has 6 N–H and O–H groups in total. The summed E-state index contributed by atoms with van der Waals surface area (Å²) in [7, 11) is -1.61. The number of nitrogens with one attached hydrogen (secondary N) is 2. The molecule has 1 spiro atoms. The molecule has 11 heteroatoms. The van der Waals surface area contributed by atoms with Gasteiger partial charge in [0, 0.05) is 40.2 Å². The molecule has 188 valence electrons. The van der Waals surface area contributed by atoms with E-state index in [9.17, 15) is 25.1 Å². The van der Waals surface area contributed by atoms with E-state index < -0.39 is 18.7 Å². The summed E-state index contributed by atoms with van der Waals surface area (Å²) in [5.74, 6) is -0.0106. The van der Waals surface area contributed by atoms with Gasteiger partial charge in [0.05, 0.1) is 5.56 Å². The largest absolute Gasteiger partial charge is 0.508 e. The van der Waals surface area contributed by atoms with Crippen molar-refractivity contribution in [1.29, 1.82) is 0 Å². The molecule has 0 saturated heterocycles. The summed E-state index contributed by atoms with van der Waals surface area (Å²) in [5, 5.41) is 45.1. The number of anilines is 2. The predicted octanol–water partition coefficient (Wildman–Crippen LogP) is 3.15. The summed E-state index contributed by atoms with van der Waals surface area (Å²) in [6.45, 7) is 0. The van der Waals surface area contributed by atoms with Gasteiger partial charge < -0.3 is 40.4 Å². The van der Waals surface area contributed by atoms with E-state index in [0.29, 0.717) is 50.6 Å². The highest BCUT2D eigenvalue weighted by Gasteiger charge is 2.53. The maximum atomic E-state index is 13.2. The highest BCUT2D eigenvalue weighted by molar-refractivity contribution is 7.80. The van der Waals surface area contributed by atoms with Crippen molar-refractivity contribution in [2.45, 2.75) is 5.60 Å². The monoisotopic (exact) mass is 526 g/mol. The minimum atomic E-state index is -1.61. The number of phenolic OH excluding ortho intramolecular Hbond substituents is 2. The first-order valence-electron chi connectivity index (χ1n) is 11.5. The van der Waals surface area contributed by atoms with Crippen molar-refractivity contribution >= 4 is 47.3 Å². The van der Waals surface area contributed by atoms with E-state index in [2.05, 4.69) is 10.6 Å². The molecule has 0 unspecified atom stereocenters. The lowest BCUT2D eigenvalue weighted by Gasteiger charge is -2.36. The van der Waals surface area contributed by atoms with Crippen LogP contribution in [0.3, 0.4) is 0 Å². The van der Waals surface area contributed by atoms with Gasteiger partial charge in [0.25, 0.3) is 0 Å². The fourth-order valence-corrected chi connectivity index (χ4v) is 5.09. The van der Waals surface area contributed by atoms with E-state index in [0.717, 1.165) is 0 Å². The number of carbonyl (C=O) groups excluding carboxylic acids is 1. The number of hydrogen-bond acceptors (Lipinski definition) is 8. The molecule has 0 aliphatic carbocycles. The molecule has 0 bridgehead atoms. The number of carbonyl (C=O) groups is 1. The van der Waals surface area contributed by atoms with E-state index in [1.807, 2.05) is 0 Å². The molecule has 0 fully saturated rings. The summed E-state index contributed by atoms with van der Waals surface area (Å²) >= 11 is 5.40. The van der Waals surface area contributed by atoms with Crippen molar-refractivity contribution in [3.05, 3.63) is 101 Å². The number of ether oxygens (including phenoxy) is 2. The topological polar surface area (TPSA) is 141 Å². The van der Waals surface area contributed by atoms with Gasteiger partial charge in [0.2, 0.25) is 0 Å². The van der Waals surface area contributed by atoms with Crippen molar-refractivity contribution in [3.63, 3.8) is 0 Å². The number of hydrogen-bond donors (Lipinski definition) is 6. The minimum Gasteiger partial charge on any atom is -0.508 e. The van der Waals surface area contributed by atoms with Crippen LogP contribution in [0.4, 0.5) is 11.4 Å². The number of esters is 1. The Kier molecular flexibility index (Phi) is 5.49. The molecule has 6 rings (SSSR count). The zero-order valence-corrected chi connectivity index (χ0v) is 20.3. The van der Waals surface area contributed by atoms with Crippen LogP contribution in [0.2, 0.25) is 0 Å². The van der Waals surface area contributed by atoms with Gasteiger partial charge in [-0.3, -0.25) is 0 Å². The van der Waals surface area contributed by atoms with E-state index in [-0.39, 0.29) is 16.6 Å². The summed E-state index contributed by atoms with van der Waals surface area (Å²) in [5.41, 5.74) is 1.98. The Morgan fingerprint density at radius 3 is 2.03 bits per heavy atom. The van der Waals surface area contributed by atoms with Crippen LogP contribution in [0.25, 0.3) is 0 Å². The SMILES string of the molecule is O=C1OC2(c3ccc(O)cc3Oc3cc(O)ccc32)c2ccc(NC(=S)Nc3cccc(B(O)O)c3)cc21. The molecule has 9 nitrogen and oxygen atoms in total. The third-order valence-corrected chi connectivity index (χ3v) is 6.68. The first-order valence-corrected chi connectivity index (χ1v) is 11.9. The molecule has 4 aromatic carbocycles. The quantitative estimate of drug-likeness (QED) is 0.134. The van der Waals surface area contributed by atoms with Crippen molar-refractivity contribution in [3.8, 4) is 23.0 Å². The van der Waals surface area contributed by atoms with Gasteiger partial charge in [0.1, 0.15) is 23.0 Å². The van der Waals surface area contributed by atoms with Crippen LogP contribution in [-0.2, 0) is 10.3 Å². The summed E-state index contributed by atoms with van der Waals surface area (Å²) in [6.07, 6.45) is 0. The standard InChI is InChI=1S/C27H19BN2O7S/c31-17-5-8-21-23(12-17)36-24-13-18(32)6-9-22(24)27(21)20-7-4-16(11-19(20)25(33)37-27)30-26(38)29-15-3-1-2-14(10-15)28(34)35/h1-13,31-32,34-35H,(H2,29,30,38). The summed E-state index contributed by atoms with van der Waals surface area (Å²) < 4.78 is 12.0. The van der Waals surface area contributed by atoms with Gasteiger partial charge in [-0.05, 0) is 66.2 Å². The Morgan fingerprint density at radius 1 is 0.789 bits per heavy atom. The van der Waals surface area contributed by atoms with Crippen LogP contribution >= 0.6 is 12.2 Å². The van der Waals surface area contributed by atoms with Crippen molar-refractivity contribution < 1.29 is 34.5 Å². The van der Waals surface area contributed by atoms with E-state index >= 15 is 0 Å².